The van der Waals surface area contributed by atoms with E-state index in [4.69, 9.17) is 4.74 Å². The average molecular weight is 269 g/mol. The predicted octanol–water partition coefficient (Wildman–Crippen LogP) is 3.51. The molecule has 0 heterocycles. The van der Waals surface area contributed by atoms with E-state index in [1.807, 2.05) is 7.05 Å². The molecule has 0 radical (unpaired) electrons. The molecule has 4 heteroatoms. The molecular weight excluding hydrogens is 248 g/mol. The lowest BCUT2D eigenvalue weighted by Gasteiger charge is -2.55. The Morgan fingerprint density at radius 1 is 1.26 bits per heavy atom. The first-order valence-electron chi connectivity index (χ1n) is 6.86. The van der Waals surface area contributed by atoms with Crippen molar-refractivity contribution in [1.82, 2.24) is 5.32 Å². The van der Waals surface area contributed by atoms with Gasteiger partial charge in [-0.3, -0.25) is 0 Å². The maximum Gasteiger partial charge on any atom is 0.162 e. The fourth-order valence-corrected chi connectivity index (χ4v) is 3.23. The third-order valence-electron chi connectivity index (χ3n) is 4.62. The van der Waals surface area contributed by atoms with Gasteiger partial charge in [0, 0.05) is 23.9 Å². The maximum atomic E-state index is 13.2. The number of ether oxygens (including phenoxy) is 1. The Morgan fingerprint density at radius 3 is 2.47 bits per heavy atom. The monoisotopic (exact) mass is 269 g/mol. The number of rotatable bonds is 5. The lowest BCUT2D eigenvalue weighted by atomic mass is 9.58. The van der Waals surface area contributed by atoms with E-state index in [9.17, 15) is 8.78 Å². The molecule has 19 heavy (non-hydrogen) atoms. The summed E-state index contributed by atoms with van der Waals surface area (Å²) in [5, 5.41) is 3.32. The molecule has 1 aliphatic carbocycles. The standard InChI is InChI=1S/C15H21F2NO/c1-4-15(5-2)13(18-3)9-14(15)19-10-6-7-11(16)12(17)8-10/h6-8,13-14,18H,4-5,9H2,1-3H3. The molecule has 0 amide bonds. The first kappa shape index (κ1) is 14.3. The van der Waals surface area contributed by atoms with Gasteiger partial charge in [-0.15, -0.1) is 0 Å². The number of halogens is 2. The molecule has 0 spiro atoms. The van der Waals surface area contributed by atoms with Gasteiger partial charge in [-0.05, 0) is 32.0 Å². The normalized spacial score (nSPS) is 24.9. The van der Waals surface area contributed by atoms with Gasteiger partial charge in [-0.25, -0.2) is 8.78 Å². The number of nitrogens with one attached hydrogen (secondary N) is 1. The van der Waals surface area contributed by atoms with Crippen LogP contribution in [0.2, 0.25) is 0 Å². The van der Waals surface area contributed by atoms with Gasteiger partial charge in [-0.1, -0.05) is 13.8 Å². The van der Waals surface area contributed by atoms with Crippen molar-refractivity contribution in [2.24, 2.45) is 5.41 Å². The molecule has 1 aliphatic rings. The fraction of sp³-hybridized carbons (Fsp3) is 0.600. The number of hydrogen-bond acceptors (Lipinski definition) is 2. The minimum atomic E-state index is -0.861. The Bertz CT molecular complexity index is 446. The van der Waals surface area contributed by atoms with Crippen LogP contribution in [0.3, 0.4) is 0 Å². The van der Waals surface area contributed by atoms with Crippen LogP contribution in [0, 0.1) is 17.0 Å². The zero-order valence-corrected chi connectivity index (χ0v) is 11.7. The zero-order chi connectivity index (χ0) is 14.0. The van der Waals surface area contributed by atoms with Crippen LogP contribution >= 0.6 is 0 Å². The summed E-state index contributed by atoms with van der Waals surface area (Å²) in [4.78, 5) is 0. The predicted molar refractivity (Wildman–Crippen MR) is 71.3 cm³/mol. The van der Waals surface area contributed by atoms with Crippen LogP contribution in [0.5, 0.6) is 5.75 Å². The fourth-order valence-electron chi connectivity index (χ4n) is 3.23. The van der Waals surface area contributed by atoms with Crippen LogP contribution in [-0.2, 0) is 0 Å². The molecular formula is C15H21F2NO. The summed E-state index contributed by atoms with van der Waals surface area (Å²) in [5.74, 6) is -1.29. The highest BCUT2D eigenvalue weighted by Crippen LogP contribution is 2.48. The highest BCUT2D eigenvalue weighted by molar-refractivity contribution is 5.25. The molecule has 2 unspecified atom stereocenters. The van der Waals surface area contributed by atoms with Crippen molar-refractivity contribution < 1.29 is 13.5 Å². The van der Waals surface area contributed by atoms with Gasteiger partial charge in [0.1, 0.15) is 11.9 Å². The van der Waals surface area contributed by atoms with Crippen molar-refractivity contribution in [3.63, 3.8) is 0 Å². The second-order valence-corrected chi connectivity index (χ2v) is 5.20. The Hall–Kier alpha value is -1.16. The maximum absolute atomic E-state index is 13.2. The second-order valence-electron chi connectivity index (χ2n) is 5.20. The Balaban J connectivity index is 2.13. The van der Waals surface area contributed by atoms with Crippen molar-refractivity contribution in [2.75, 3.05) is 7.05 Å². The highest BCUT2D eigenvalue weighted by atomic mass is 19.2. The first-order valence-corrected chi connectivity index (χ1v) is 6.86. The van der Waals surface area contributed by atoms with Crippen molar-refractivity contribution >= 4 is 0 Å². The SMILES string of the molecule is CCC1(CC)C(NC)CC1Oc1ccc(F)c(F)c1. The Morgan fingerprint density at radius 2 is 1.95 bits per heavy atom. The lowest BCUT2D eigenvalue weighted by molar-refractivity contribution is -0.0837. The van der Waals surface area contributed by atoms with Crippen molar-refractivity contribution in [2.45, 2.75) is 45.3 Å². The third-order valence-corrected chi connectivity index (χ3v) is 4.62. The molecule has 1 aromatic carbocycles. The van der Waals surface area contributed by atoms with Gasteiger partial charge in [0.15, 0.2) is 11.6 Å². The summed E-state index contributed by atoms with van der Waals surface area (Å²) < 4.78 is 31.9. The lowest BCUT2D eigenvalue weighted by Crippen LogP contribution is -2.63. The zero-order valence-electron chi connectivity index (χ0n) is 11.7. The van der Waals surface area contributed by atoms with Crippen molar-refractivity contribution in [1.29, 1.82) is 0 Å². The average Bonchev–Trinajstić information content (AvgIpc) is 2.40. The molecule has 2 atom stereocenters. The van der Waals surface area contributed by atoms with Crippen molar-refractivity contribution in [3.8, 4) is 5.75 Å². The molecule has 0 saturated heterocycles. The summed E-state index contributed by atoms with van der Waals surface area (Å²) in [6.07, 6.45) is 2.97. The van der Waals surface area contributed by atoms with E-state index in [0.717, 1.165) is 31.4 Å². The molecule has 0 aliphatic heterocycles. The van der Waals surface area contributed by atoms with Gasteiger partial charge >= 0.3 is 0 Å². The minimum Gasteiger partial charge on any atom is -0.490 e. The smallest absolute Gasteiger partial charge is 0.162 e. The molecule has 1 fully saturated rings. The van der Waals surface area contributed by atoms with E-state index >= 15 is 0 Å². The van der Waals surface area contributed by atoms with E-state index in [-0.39, 0.29) is 11.5 Å². The highest BCUT2D eigenvalue weighted by Gasteiger charge is 2.53. The van der Waals surface area contributed by atoms with Crippen LogP contribution in [-0.4, -0.2) is 19.2 Å². The van der Waals surface area contributed by atoms with Crippen LogP contribution in [0.4, 0.5) is 8.78 Å². The molecule has 106 valence electrons. The van der Waals surface area contributed by atoms with E-state index < -0.39 is 11.6 Å². The Labute approximate surface area is 113 Å². The Kier molecular flexibility index (Phi) is 4.09. The quantitative estimate of drug-likeness (QED) is 0.883. The van der Waals surface area contributed by atoms with E-state index in [1.54, 1.807) is 0 Å². The molecule has 0 bridgehead atoms. The summed E-state index contributed by atoms with van der Waals surface area (Å²) in [6, 6.07) is 4.15. The topological polar surface area (TPSA) is 21.3 Å². The third kappa shape index (κ3) is 2.34. The second kappa shape index (κ2) is 5.45. The van der Waals surface area contributed by atoms with E-state index in [1.165, 1.54) is 6.07 Å². The van der Waals surface area contributed by atoms with Crippen LogP contribution in [0.25, 0.3) is 0 Å². The summed E-state index contributed by atoms with van der Waals surface area (Å²) in [7, 11) is 1.96. The summed E-state index contributed by atoms with van der Waals surface area (Å²) >= 11 is 0. The van der Waals surface area contributed by atoms with Gasteiger partial charge in [0.05, 0.1) is 0 Å². The largest absolute Gasteiger partial charge is 0.490 e. The van der Waals surface area contributed by atoms with Crippen LogP contribution in [0.15, 0.2) is 18.2 Å². The number of hydrogen-bond donors (Lipinski definition) is 1. The van der Waals surface area contributed by atoms with Crippen LogP contribution < -0.4 is 10.1 Å². The van der Waals surface area contributed by atoms with Crippen LogP contribution in [0.1, 0.15) is 33.1 Å². The molecule has 0 aromatic heterocycles. The van der Waals surface area contributed by atoms with Gasteiger partial charge in [-0.2, -0.15) is 0 Å². The molecule has 1 N–H and O–H groups in total. The molecule has 1 aromatic rings. The number of benzene rings is 1. The van der Waals surface area contributed by atoms with Gasteiger partial charge < -0.3 is 10.1 Å². The molecule has 2 rings (SSSR count). The molecule has 1 saturated carbocycles. The molecule has 2 nitrogen and oxygen atoms in total. The van der Waals surface area contributed by atoms with E-state index in [0.29, 0.717) is 11.8 Å². The minimum absolute atomic E-state index is 0.0600. The van der Waals surface area contributed by atoms with Gasteiger partial charge in [0.25, 0.3) is 0 Å². The van der Waals surface area contributed by atoms with E-state index in [2.05, 4.69) is 19.2 Å². The summed E-state index contributed by atoms with van der Waals surface area (Å²) in [6.45, 7) is 4.29. The van der Waals surface area contributed by atoms with Gasteiger partial charge in [0.2, 0.25) is 0 Å². The summed E-state index contributed by atoms with van der Waals surface area (Å²) in [5.41, 5.74) is 0.0829. The van der Waals surface area contributed by atoms with Crippen molar-refractivity contribution in [3.05, 3.63) is 29.8 Å². The first-order chi connectivity index (χ1) is 9.07.